The van der Waals surface area contributed by atoms with Gasteiger partial charge in [-0.3, -0.25) is 9.59 Å². The minimum Gasteiger partial charge on any atom is -0.351 e. The van der Waals surface area contributed by atoms with Crippen molar-refractivity contribution in [2.75, 3.05) is 24.7 Å². The van der Waals surface area contributed by atoms with Gasteiger partial charge in [-0.1, -0.05) is 13.8 Å². The van der Waals surface area contributed by atoms with Gasteiger partial charge in [0.1, 0.15) is 0 Å². The Labute approximate surface area is 148 Å². The topological polar surface area (TPSA) is 105 Å². The molecule has 0 saturated carbocycles. The molecule has 1 aromatic carbocycles. The smallest absolute Gasteiger partial charge is 0.316 e. The van der Waals surface area contributed by atoms with Crippen molar-refractivity contribution in [1.29, 1.82) is 0 Å². The number of hydrogen-bond acceptors (Lipinski definition) is 3. The largest absolute Gasteiger partial charge is 0.351 e. The summed E-state index contributed by atoms with van der Waals surface area (Å²) in [5.41, 5.74) is 7.66. The molecular weight excluding hydrogens is 320 g/mol. The predicted octanol–water partition coefficient (Wildman–Crippen LogP) is 2.63. The Bertz CT molecular complexity index is 681. The molecule has 1 rings (SSSR count). The van der Waals surface area contributed by atoms with Crippen LogP contribution in [0.4, 0.5) is 16.2 Å². The number of urea groups is 1. The Morgan fingerprint density at radius 2 is 1.48 bits per heavy atom. The standard InChI is InChI=1S/C18H28N4O3/c1-11-12(2)14(21-17(19)25)8-7-13(11)20-15(23)9-18(3,4)10-16(24)22(5)6/h7-8H,9-10H2,1-6H3,(H,20,23)(H3,19,21,25). The minimum atomic E-state index is -0.633. The molecule has 0 unspecified atom stereocenters. The average molecular weight is 348 g/mol. The Morgan fingerprint density at radius 1 is 1.00 bits per heavy atom. The number of amides is 4. The highest BCUT2D eigenvalue weighted by Gasteiger charge is 2.26. The van der Waals surface area contributed by atoms with Crippen LogP contribution in [0, 0.1) is 19.3 Å². The summed E-state index contributed by atoms with van der Waals surface area (Å²) in [6.07, 6.45) is 0.527. The second-order valence-electron chi connectivity index (χ2n) is 7.25. The lowest BCUT2D eigenvalue weighted by molar-refractivity contribution is -0.131. The first kappa shape index (κ1) is 20.5. The Balaban J connectivity index is 2.82. The van der Waals surface area contributed by atoms with E-state index in [2.05, 4.69) is 10.6 Å². The number of nitrogens with one attached hydrogen (secondary N) is 2. The van der Waals surface area contributed by atoms with E-state index in [9.17, 15) is 14.4 Å². The van der Waals surface area contributed by atoms with Crippen LogP contribution in [0.15, 0.2) is 12.1 Å². The number of nitrogens with zero attached hydrogens (tertiary/aromatic N) is 1. The fourth-order valence-corrected chi connectivity index (χ4v) is 2.48. The van der Waals surface area contributed by atoms with Gasteiger partial charge in [-0.15, -0.1) is 0 Å². The third-order valence-electron chi connectivity index (χ3n) is 4.09. The third-order valence-corrected chi connectivity index (χ3v) is 4.09. The van der Waals surface area contributed by atoms with Crippen molar-refractivity contribution < 1.29 is 14.4 Å². The molecule has 1 aromatic rings. The molecule has 0 heterocycles. The molecule has 4 amide bonds. The Kier molecular flexibility index (Phi) is 6.55. The van der Waals surface area contributed by atoms with Crippen LogP contribution in [0.3, 0.4) is 0 Å². The van der Waals surface area contributed by atoms with Crippen molar-refractivity contribution in [3.05, 3.63) is 23.3 Å². The molecule has 138 valence electrons. The molecule has 0 bridgehead atoms. The van der Waals surface area contributed by atoms with Crippen LogP contribution in [0.2, 0.25) is 0 Å². The molecule has 0 spiro atoms. The SMILES string of the molecule is Cc1c(NC(N)=O)ccc(NC(=O)CC(C)(C)CC(=O)N(C)C)c1C. The molecular formula is C18H28N4O3. The maximum Gasteiger partial charge on any atom is 0.316 e. The zero-order chi connectivity index (χ0) is 19.4. The number of carbonyl (C=O) groups is 3. The number of nitrogens with two attached hydrogens (primary N) is 1. The summed E-state index contributed by atoms with van der Waals surface area (Å²) >= 11 is 0. The van der Waals surface area contributed by atoms with E-state index in [1.807, 2.05) is 27.7 Å². The monoisotopic (exact) mass is 348 g/mol. The number of carbonyl (C=O) groups excluding carboxylic acids is 3. The van der Waals surface area contributed by atoms with E-state index >= 15 is 0 Å². The minimum absolute atomic E-state index is 0.00768. The van der Waals surface area contributed by atoms with Gasteiger partial charge in [-0.2, -0.15) is 0 Å². The summed E-state index contributed by atoms with van der Waals surface area (Å²) in [5.74, 6) is -0.165. The molecule has 0 fully saturated rings. The molecule has 0 aliphatic rings. The van der Waals surface area contributed by atoms with E-state index in [0.29, 0.717) is 17.8 Å². The second-order valence-corrected chi connectivity index (χ2v) is 7.25. The van der Waals surface area contributed by atoms with Gasteiger partial charge in [0.25, 0.3) is 0 Å². The van der Waals surface area contributed by atoms with E-state index in [-0.39, 0.29) is 18.2 Å². The zero-order valence-electron chi connectivity index (χ0n) is 15.8. The Hall–Kier alpha value is -2.57. The summed E-state index contributed by atoms with van der Waals surface area (Å²) in [4.78, 5) is 36.8. The first-order valence-corrected chi connectivity index (χ1v) is 8.09. The van der Waals surface area contributed by atoms with Crippen molar-refractivity contribution in [2.45, 2.75) is 40.5 Å². The molecule has 0 aliphatic heterocycles. The molecule has 7 nitrogen and oxygen atoms in total. The van der Waals surface area contributed by atoms with E-state index in [0.717, 1.165) is 11.1 Å². The van der Waals surface area contributed by atoms with Crippen molar-refractivity contribution in [3.63, 3.8) is 0 Å². The highest BCUT2D eigenvalue weighted by Crippen LogP contribution is 2.29. The van der Waals surface area contributed by atoms with E-state index in [4.69, 9.17) is 5.73 Å². The summed E-state index contributed by atoms with van der Waals surface area (Å²) in [6, 6.07) is 2.79. The Morgan fingerprint density at radius 3 is 1.92 bits per heavy atom. The lowest BCUT2D eigenvalue weighted by Gasteiger charge is -2.25. The molecule has 0 radical (unpaired) electrons. The number of rotatable bonds is 6. The molecule has 7 heteroatoms. The van der Waals surface area contributed by atoms with Crippen LogP contribution in [-0.4, -0.2) is 36.8 Å². The normalized spacial score (nSPS) is 11.0. The molecule has 0 atom stereocenters. The van der Waals surface area contributed by atoms with Gasteiger partial charge in [0, 0.05) is 38.3 Å². The summed E-state index contributed by atoms with van der Waals surface area (Å²) in [7, 11) is 3.40. The first-order valence-electron chi connectivity index (χ1n) is 8.09. The highest BCUT2D eigenvalue weighted by molar-refractivity contribution is 5.94. The van der Waals surface area contributed by atoms with Crippen molar-refractivity contribution in [2.24, 2.45) is 11.1 Å². The maximum absolute atomic E-state index is 12.4. The van der Waals surface area contributed by atoms with Gasteiger partial charge >= 0.3 is 6.03 Å². The van der Waals surface area contributed by atoms with Gasteiger partial charge < -0.3 is 21.3 Å². The van der Waals surface area contributed by atoms with Gasteiger partial charge in [0.2, 0.25) is 11.8 Å². The first-order chi connectivity index (χ1) is 11.4. The van der Waals surface area contributed by atoms with Crippen LogP contribution in [0.5, 0.6) is 0 Å². The van der Waals surface area contributed by atoms with Crippen molar-refractivity contribution in [1.82, 2.24) is 4.90 Å². The zero-order valence-corrected chi connectivity index (χ0v) is 15.8. The highest BCUT2D eigenvalue weighted by atomic mass is 16.2. The summed E-state index contributed by atoms with van der Waals surface area (Å²) < 4.78 is 0. The number of primary amides is 1. The average Bonchev–Trinajstić information content (AvgIpc) is 2.45. The quantitative estimate of drug-likeness (QED) is 0.736. The number of hydrogen-bond donors (Lipinski definition) is 3. The second kappa shape index (κ2) is 8.00. The van der Waals surface area contributed by atoms with Crippen LogP contribution < -0.4 is 16.4 Å². The van der Waals surface area contributed by atoms with Gasteiger partial charge in [-0.05, 0) is 42.5 Å². The fraction of sp³-hybridized carbons (Fsp3) is 0.500. The maximum atomic E-state index is 12.4. The third kappa shape index (κ3) is 6.10. The van der Waals surface area contributed by atoms with Crippen molar-refractivity contribution in [3.8, 4) is 0 Å². The van der Waals surface area contributed by atoms with E-state index in [1.165, 1.54) is 4.90 Å². The molecule has 25 heavy (non-hydrogen) atoms. The summed E-state index contributed by atoms with van der Waals surface area (Å²) in [5, 5.41) is 5.43. The van der Waals surface area contributed by atoms with Crippen LogP contribution in [0.25, 0.3) is 0 Å². The van der Waals surface area contributed by atoms with Crippen molar-refractivity contribution >= 4 is 29.2 Å². The number of benzene rings is 1. The number of anilines is 2. The molecule has 0 aliphatic carbocycles. The van der Waals surface area contributed by atoms with Gasteiger partial charge in [0.05, 0.1) is 0 Å². The molecule has 0 aromatic heterocycles. The van der Waals surface area contributed by atoms with Crippen LogP contribution in [0.1, 0.15) is 37.8 Å². The lowest BCUT2D eigenvalue weighted by atomic mass is 9.84. The predicted molar refractivity (Wildman–Crippen MR) is 99.5 cm³/mol. The molecule has 4 N–H and O–H groups in total. The van der Waals surface area contributed by atoms with Crippen LogP contribution in [-0.2, 0) is 9.59 Å². The van der Waals surface area contributed by atoms with Gasteiger partial charge in [-0.25, -0.2) is 4.79 Å². The van der Waals surface area contributed by atoms with E-state index in [1.54, 1.807) is 26.2 Å². The fourth-order valence-electron chi connectivity index (χ4n) is 2.48. The van der Waals surface area contributed by atoms with Crippen LogP contribution >= 0.6 is 0 Å². The lowest BCUT2D eigenvalue weighted by Crippen LogP contribution is -2.30. The molecule has 0 saturated heterocycles. The van der Waals surface area contributed by atoms with E-state index < -0.39 is 11.4 Å². The van der Waals surface area contributed by atoms with Gasteiger partial charge in [0.15, 0.2) is 0 Å². The summed E-state index contributed by atoms with van der Waals surface area (Å²) in [6.45, 7) is 7.49.